The molecule has 6 heteroatoms. The average molecular weight is 249 g/mol. The van der Waals surface area contributed by atoms with E-state index in [-0.39, 0.29) is 19.1 Å². The topological polar surface area (TPSA) is 93.5 Å². The molecule has 0 aromatic heterocycles. The first-order valence-corrected chi connectivity index (χ1v) is 5.74. The zero-order valence-corrected chi connectivity index (χ0v) is 9.86. The Hall–Kier alpha value is -2.24. The highest BCUT2D eigenvalue weighted by molar-refractivity contribution is 5.95. The standard InChI is InChI=1S/C12H15N3O3/c13-12(17)18-6-5-15-11(16)9-1-2-10-8(7-9)3-4-14-10/h1-2,7,14H,3-6H2,(H2,13,17)(H,15,16). The van der Waals surface area contributed by atoms with Gasteiger partial charge in [-0.2, -0.15) is 0 Å². The fourth-order valence-corrected chi connectivity index (χ4v) is 1.86. The molecule has 18 heavy (non-hydrogen) atoms. The summed E-state index contributed by atoms with van der Waals surface area (Å²) in [5.41, 5.74) is 7.64. The normalized spacial score (nSPS) is 12.4. The number of primary amides is 1. The van der Waals surface area contributed by atoms with Crippen LogP contribution >= 0.6 is 0 Å². The third-order valence-electron chi connectivity index (χ3n) is 2.71. The Kier molecular flexibility index (Phi) is 3.66. The summed E-state index contributed by atoms with van der Waals surface area (Å²) in [5, 5.41) is 5.88. The van der Waals surface area contributed by atoms with Gasteiger partial charge in [0.2, 0.25) is 0 Å². The Morgan fingerprint density at radius 1 is 1.44 bits per heavy atom. The minimum absolute atomic E-state index is 0.0770. The number of fused-ring (bicyclic) bond motifs is 1. The fraction of sp³-hybridized carbons (Fsp3) is 0.333. The summed E-state index contributed by atoms with van der Waals surface area (Å²) in [4.78, 5) is 22.1. The van der Waals surface area contributed by atoms with Crippen LogP contribution in [-0.4, -0.2) is 31.7 Å². The maximum absolute atomic E-state index is 11.8. The summed E-state index contributed by atoms with van der Waals surface area (Å²) in [6.07, 6.45) is 0.0918. The van der Waals surface area contributed by atoms with Gasteiger partial charge in [0, 0.05) is 17.8 Å². The van der Waals surface area contributed by atoms with Crippen LogP contribution in [0.4, 0.5) is 10.5 Å². The van der Waals surface area contributed by atoms with Crippen LogP contribution in [0.25, 0.3) is 0 Å². The number of hydrogen-bond acceptors (Lipinski definition) is 4. The molecule has 1 heterocycles. The number of anilines is 1. The average Bonchev–Trinajstić information content (AvgIpc) is 2.81. The van der Waals surface area contributed by atoms with Crippen LogP contribution in [0.15, 0.2) is 18.2 Å². The van der Waals surface area contributed by atoms with Crippen molar-refractivity contribution in [3.05, 3.63) is 29.3 Å². The molecule has 1 aromatic carbocycles. The van der Waals surface area contributed by atoms with Gasteiger partial charge in [-0.15, -0.1) is 0 Å². The largest absolute Gasteiger partial charge is 0.448 e. The van der Waals surface area contributed by atoms with E-state index in [1.807, 2.05) is 12.1 Å². The highest BCUT2D eigenvalue weighted by Gasteiger charge is 2.13. The summed E-state index contributed by atoms with van der Waals surface area (Å²) >= 11 is 0. The number of ether oxygens (including phenoxy) is 1. The molecule has 0 unspecified atom stereocenters. The Balaban J connectivity index is 1.87. The predicted octanol–water partition coefficient (Wildman–Crippen LogP) is 0.480. The first-order chi connectivity index (χ1) is 8.66. The molecule has 6 nitrogen and oxygen atoms in total. The molecule has 2 rings (SSSR count). The van der Waals surface area contributed by atoms with E-state index < -0.39 is 6.09 Å². The van der Waals surface area contributed by atoms with E-state index in [9.17, 15) is 9.59 Å². The van der Waals surface area contributed by atoms with Crippen molar-refractivity contribution in [2.24, 2.45) is 5.73 Å². The van der Waals surface area contributed by atoms with Gasteiger partial charge in [0.25, 0.3) is 5.91 Å². The second-order valence-corrected chi connectivity index (χ2v) is 3.97. The third-order valence-corrected chi connectivity index (χ3v) is 2.71. The summed E-state index contributed by atoms with van der Waals surface area (Å²) in [7, 11) is 0. The molecule has 0 saturated carbocycles. The molecule has 0 bridgehead atoms. The van der Waals surface area contributed by atoms with Crippen molar-refractivity contribution in [3.8, 4) is 0 Å². The molecule has 0 spiro atoms. The predicted molar refractivity (Wildman–Crippen MR) is 66.5 cm³/mol. The van der Waals surface area contributed by atoms with Crippen molar-refractivity contribution in [1.29, 1.82) is 0 Å². The third kappa shape index (κ3) is 2.91. The maximum Gasteiger partial charge on any atom is 0.404 e. The highest BCUT2D eigenvalue weighted by Crippen LogP contribution is 2.22. The number of rotatable bonds is 4. The SMILES string of the molecule is NC(=O)OCCNC(=O)c1ccc2c(c1)CCN2. The zero-order valence-electron chi connectivity index (χ0n) is 9.86. The number of carbonyl (C=O) groups is 2. The van der Waals surface area contributed by atoms with Gasteiger partial charge in [-0.05, 0) is 30.2 Å². The van der Waals surface area contributed by atoms with Gasteiger partial charge < -0.3 is 21.1 Å². The molecule has 1 aromatic rings. The van der Waals surface area contributed by atoms with E-state index in [2.05, 4.69) is 15.4 Å². The van der Waals surface area contributed by atoms with Crippen LogP contribution in [0, 0.1) is 0 Å². The van der Waals surface area contributed by atoms with Gasteiger partial charge in [-0.3, -0.25) is 4.79 Å². The van der Waals surface area contributed by atoms with E-state index in [0.717, 1.165) is 24.2 Å². The molecule has 0 aliphatic carbocycles. The lowest BCUT2D eigenvalue weighted by atomic mass is 10.1. The number of nitrogens with one attached hydrogen (secondary N) is 2. The minimum Gasteiger partial charge on any atom is -0.448 e. The van der Waals surface area contributed by atoms with Gasteiger partial charge in [0.15, 0.2) is 0 Å². The Labute approximate surface area is 104 Å². The van der Waals surface area contributed by atoms with Crippen LogP contribution < -0.4 is 16.4 Å². The van der Waals surface area contributed by atoms with Crippen LogP contribution in [-0.2, 0) is 11.2 Å². The monoisotopic (exact) mass is 249 g/mol. The second kappa shape index (κ2) is 5.39. The van der Waals surface area contributed by atoms with Crippen molar-refractivity contribution < 1.29 is 14.3 Å². The number of benzene rings is 1. The molecule has 4 N–H and O–H groups in total. The maximum atomic E-state index is 11.8. The van der Waals surface area contributed by atoms with E-state index >= 15 is 0 Å². The van der Waals surface area contributed by atoms with Crippen molar-refractivity contribution in [2.75, 3.05) is 25.0 Å². The molecular formula is C12H15N3O3. The number of hydrogen-bond donors (Lipinski definition) is 3. The molecular weight excluding hydrogens is 234 g/mol. The molecule has 0 atom stereocenters. The van der Waals surface area contributed by atoms with E-state index in [1.54, 1.807) is 6.07 Å². The number of nitrogens with two attached hydrogens (primary N) is 1. The Morgan fingerprint density at radius 2 is 2.28 bits per heavy atom. The van der Waals surface area contributed by atoms with Crippen LogP contribution in [0.5, 0.6) is 0 Å². The Bertz CT molecular complexity index is 474. The van der Waals surface area contributed by atoms with Gasteiger partial charge in [0.05, 0.1) is 6.54 Å². The Morgan fingerprint density at radius 3 is 3.06 bits per heavy atom. The van der Waals surface area contributed by atoms with Crippen molar-refractivity contribution in [2.45, 2.75) is 6.42 Å². The molecule has 1 aliphatic rings. The van der Waals surface area contributed by atoms with Gasteiger partial charge >= 0.3 is 6.09 Å². The zero-order chi connectivity index (χ0) is 13.0. The lowest BCUT2D eigenvalue weighted by molar-refractivity contribution is 0.0937. The van der Waals surface area contributed by atoms with Crippen molar-refractivity contribution in [1.82, 2.24) is 5.32 Å². The smallest absolute Gasteiger partial charge is 0.404 e. The first kappa shape index (κ1) is 12.2. The minimum atomic E-state index is -0.840. The van der Waals surface area contributed by atoms with Crippen molar-refractivity contribution in [3.63, 3.8) is 0 Å². The summed E-state index contributed by atoms with van der Waals surface area (Å²) < 4.78 is 4.52. The molecule has 0 saturated heterocycles. The molecule has 1 aliphatic heterocycles. The summed E-state index contributed by atoms with van der Waals surface area (Å²) in [5.74, 6) is -0.183. The highest BCUT2D eigenvalue weighted by atomic mass is 16.5. The van der Waals surface area contributed by atoms with Crippen LogP contribution in [0.2, 0.25) is 0 Å². The van der Waals surface area contributed by atoms with Gasteiger partial charge in [-0.25, -0.2) is 4.79 Å². The first-order valence-electron chi connectivity index (χ1n) is 5.74. The lowest BCUT2D eigenvalue weighted by Gasteiger charge is -2.06. The van der Waals surface area contributed by atoms with E-state index in [1.165, 1.54) is 0 Å². The van der Waals surface area contributed by atoms with Crippen LogP contribution in [0.1, 0.15) is 15.9 Å². The lowest BCUT2D eigenvalue weighted by Crippen LogP contribution is -2.29. The van der Waals surface area contributed by atoms with E-state index in [0.29, 0.717) is 5.56 Å². The van der Waals surface area contributed by atoms with Crippen molar-refractivity contribution >= 4 is 17.7 Å². The van der Waals surface area contributed by atoms with Crippen LogP contribution in [0.3, 0.4) is 0 Å². The van der Waals surface area contributed by atoms with Gasteiger partial charge in [0.1, 0.15) is 6.61 Å². The second-order valence-electron chi connectivity index (χ2n) is 3.97. The molecule has 96 valence electrons. The quantitative estimate of drug-likeness (QED) is 0.676. The fourth-order valence-electron chi connectivity index (χ4n) is 1.86. The van der Waals surface area contributed by atoms with Gasteiger partial charge in [-0.1, -0.05) is 0 Å². The molecule has 0 fully saturated rings. The van der Waals surface area contributed by atoms with E-state index in [4.69, 9.17) is 5.73 Å². The number of amides is 2. The molecule has 2 amide bonds. The summed E-state index contributed by atoms with van der Waals surface area (Å²) in [6, 6.07) is 5.54. The summed E-state index contributed by atoms with van der Waals surface area (Å²) in [6.45, 7) is 1.23. The molecule has 0 radical (unpaired) electrons. The number of carbonyl (C=O) groups excluding carboxylic acids is 2.